The third kappa shape index (κ3) is 4.44. The van der Waals surface area contributed by atoms with Crippen molar-refractivity contribution in [1.29, 1.82) is 0 Å². The zero-order valence-electron chi connectivity index (χ0n) is 14.5. The predicted octanol–water partition coefficient (Wildman–Crippen LogP) is 0.899. The number of anilines is 1. The molecule has 3 rings (SSSR count). The molecule has 0 saturated carbocycles. The molecular formula is C18H31N5. The molecule has 2 aliphatic heterocycles. The summed E-state index contributed by atoms with van der Waals surface area (Å²) in [5.74, 6) is 0.671. The van der Waals surface area contributed by atoms with Gasteiger partial charge >= 0.3 is 0 Å². The molecular weight excluding hydrogens is 286 g/mol. The lowest BCUT2D eigenvalue weighted by Gasteiger charge is -2.36. The van der Waals surface area contributed by atoms with E-state index in [9.17, 15) is 0 Å². The van der Waals surface area contributed by atoms with Crippen LogP contribution in [0.1, 0.15) is 13.8 Å². The maximum absolute atomic E-state index is 3.64. The number of benzene rings is 1. The van der Waals surface area contributed by atoms with Crippen molar-refractivity contribution in [2.24, 2.45) is 5.92 Å². The molecule has 0 radical (unpaired) electrons. The van der Waals surface area contributed by atoms with Crippen LogP contribution in [0.15, 0.2) is 30.3 Å². The minimum absolute atomic E-state index is 0.548. The van der Waals surface area contributed by atoms with Gasteiger partial charge in [0.1, 0.15) is 0 Å². The summed E-state index contributed by atoms with van der Waals surface area (Å²) in [4.78, 5) is 5.06. The van der Waals surface area contributed by atoms with Crippen LogP contribution in [-0.2, 0) is 0 Å². The van der Waals surface area contributed by atoms with Crippen LogP contribution in [0.25, 0.3) is 0 Å². The molecule has 2 aliphatic rings. The normalized spacial score (nSPS) is 29.1. The molecule has 0 spiro atoms. The Balaban J connectivity index is 1.32. The second-order valence-electron chi connectivity index (χ2n) is 6.90. The molecule has 23 heavy (non-hydrogen) atoms. The van der Waals surface area contributed by atoms with Gasteiger partial charge in [-0.1, -0.05) is 18.2 Å². The summed E-state index contributed by atoms with van der Waals surface area (Å²) in [5, 5.41) is 3.64. The fraction of sp³-hybridized carbons (Fsp3) is 0.667. The third-order valence-electron chi connectivity index (χ3n) is 5.30. The molecule has 2 unspecified atom stereocenters. The summed E-state index contributed by atoms with van der Waals surface area (Å²) in [6, 6.07) is 11.9. The molecule has 0 aromatic heterocycles. The Kier molecular flexibility index (Phi) is 5.89. The largest absolute Gasteiger partial charge is 0.369 e. The molecule has 2 fully saturated rings. The summed E-state index contributed by atoms with van der Waals surface area (Å²) in [6.07, 6.45) is 0. The number of nitrogens with one attached hydrogen (secondary N) is 3. The van der Waals surface area contributed by atoms with Gasteiger partial charge in [-0.3, -0.25) is 15.8 Å². The van der Waals surface area contributed by atoms with Gasteiger partial charge in [0.15, 0.2) is 0 Å². The molecule has 1 aromatic rings. The highest BCUT2D eigenvalue weighted by Crippen LogP contribution is 2.15. The van der Waals surface area contributed by atoms with Crippen molar-refractivity contribution in [3.63, 3.8) is 0 Å². The van der Waals surface area contributed by atoms with Crippen LogP contribution in [0, 0.1) is 5.92 Å². The topological polar surface area (TPSA) is 42.6 Å². The van der Waals surface area contributed by atoms with E-state index in [2.05, 4.69) is 70.1 Å². The van der Waals surface area contributed by atoms with Gasteiger partial charge in [-0.15, -0.1) is 0 Å². The highest BCUT2D eigenvalue weighted by atomic mass is 15.4. The lowest BCUT2D eigenvalue weighted by Crippen LogP contribution is -2.48. The van der Waals surface area contributed by atoms with Gasteiger partial charge in [0.25, 0.3) is 0 Å². The first kappa shape index (κ1) is 16.7. The smallest absolute Gasteiger partial charge is 0.0367 e. The van der Waals surface area contributed by atoms with Crippen molar-refractivity contribution in [2.75, 3.05) is 50.7 Å². The summed E-state index contributed by atoms with van der Waals surface area (Å²) in [6.45, 7) is 12.4. The Bertz CT molecular complexity index is 448. The Morgan fingerprint density at radius 2 is 1.65 bits per heavy atom. The van der Waals surface area contributed by atoms with Crippen LogP contribution in [0.4, 0.5) is 5.69 Å². The average Bonchev–Trinajstić information content (AvgIpc) is 2.92. The first-order valence-corrected chi connectivity index (χ1v) is 8.98. The average molecular weight is 317 g/mol. The van der Waals surface area contributed by atoms with Gasteiger partial charge < -0.3 is 10.2 Å². The Labute approximate surface area is 140 Å². The number of para-hydroxylation sites is 1. The fourth-order valence-electron chi connectivity index (χ4n) is 3.64. The summed E-state index contributed by atoms with van der Waals surface area (Å²) < 4.78 is 0. The molecule has 2 atom stereocenters. The predicted molar refractivity (Wildman–Crippen MR) is 96.7 cm³/mol. The van der Waals surface area contributed by atoms with E-state index in [4.69, 9.17) is 0 Å². The molecule has 1 aromatic carbocycles. The number of hydrazine groups is 1. The lowest BCUT2D eigenvalue weighted by atomic mass is 9.97. The Morgan fingerprint density at radius 1 is 1.00 bits per heavy atom. The molecule has 0 amide bonds. The van der Waals surface area contributed by atoms with Crippen LogP contribution in [-0.4, -0.2) is 62.8 Å². The summed E-state index contributed by atoms with van der Waals surface area (Å²) >= 11 is 0. The number of rotatable bonds is 6. The SMILES string of the molecule is CC1NNC(C)C1CNCCN1CCN(c2ccccc2)CC1. The van der Waals surface area contributed by atoms with Gasteiger partial charge in [-0.25, -0.2) is 0 Å². The molecule has 5 heteroatoms. The van der Waals surface area contributed by atoms with Crippen molar-refractivity contribution >= 4 is 5.69 Å². The van der Waals surface area contributed by atoms with E-state index in [1.165, 1.54) is 5.69 Å². The zero-order chi connectivity index (χ0) is 16.1. The van der Waals surface area contributed by atoms with Gasteiger partial charge in [-0.05, 0) is 26.0 Å². The quantitative estimate of drug-likeness (QED) is 0.680. The second kappa shape index (κ2) is 8.11. The van der Waals surface area contributed by atoms with E-state index in [1.807, 2.05) is 0 Å². The summed E-state index contributed by atoms with van der Waals surface area (Å²) in [5.41, 5.74) is 8.00. The van der Waals surface area contributed by atoms with Crippen molar-refractivity contribution in [1.82, 2.24) is 21.1 Å². The fourth-order valence-corrected chi connectivity index (χ4v) is 3.64. The molecule has 2 saturated heterocycles. The first-order valence-electron chi connectivity index (χ1n) is 8.98. The van der Waals surface area contributed by atoms with Crippen molar-refractivity contribution < 1.29 is 0 Å². The highest BCUT2D eigenvalue weighted by molar-refractivity contribution is 5.46. The molecule has 0 aliphatic carbocycles. The maximum Gasteiger partial charge on any atom is 0.0367 e. The maximum atomic E-state index is 3.64. The number of hydrogen-bond donors (Lipinski definition) is 3. The van der Waals surface area contributed by atoms with E-state index in [1.54, 1.807) is 0 Å². The van der Waals surface area contributed by atoms with E-state index in [0.717, 1.165) is 45.8 Å². The van der Waals surface area contributed by atoms with E-state index < -0.39 is 0 Å². The number of nitrogens with zero attached hydrogens (tertiary/aromatic N) is 2. The lowest BCUT2D eigenvalue weighted by molar-refractivity contribution is 0.254. The van der Waals surface area contributed by atoms with Crippen molar-refractivity contribution in [2.45, 2.75) is 25.9 Å². The second-order valence-corrected chi connectivity index (χ2v) is 6.90. The standard InChI is InChI=1S/C18H31N5/c1-15-18(16(2)21-20-15)14-19-8-9-22-10-12-23(13-11-22)17-6-4-3-5-7-17/h3-7,15-16,18-21H,8-14H2,1-2H3. The molecule has 0 bridgehead atoms. The Morgan fingerprint density at radius 3 is 2.30 bits per heavy atom. The first-order chi connectivity index (χ1) is 11.2. The number of hydrogen-bond acceptors (Lipinski definition) is 5. The van der Waals surface area contributed by atoms with Crippen LogP contribution in [0.3, 0.4) is 0 Å². The molecule has 128 valence electrons. The molecule has 2 heterocycles. The van der Waals surface area contributed by atoms with Crippen LogP contribution in [0.5, 0.6) is 0 Å². The van der Waals surface area contributed by atoms with Crippen LogP contribution < -0.4 is 21.1 Å². The van der Waals surface area contributed by atoms with Gasteiger partial charge in [0, 0.05) is 69.5 Å². The van der Waals surface area contributed by atoms with Crippen LogP contribution >= 0.6 is 0 Å². The van der Waals surface area contributed by atoms with Crippen molar-refractivity contribution in [3.8, 4) is 0 Å². The molecule has 3 N–H and O–H groups in total. The zero-order valence-corrected chi connectivity index (χ0v) is 14.5. The minimum Gasteiger partial charge on any atom is -0.369 e. The van der Waals surface area contributed by atoms with E-state index in [0.29, 0.717) is 18.0 Å². The monoisotopic (exact) mass is 317 g/mol. The van der Waals surface area contributed by atoms with E-state index in [-0.39, 0.29) is 0 Å². The van der Waals surface area contributed by atoms with Gasteiger partial charge in [0.2, 0.25) is 0 Å². The van der Waals surface area contributed by atoms with Gasteiger partial charge in [0.05, 0.1) is 0 Å². The minimum atomic E-state index is 0.548. The highest BCUT2D eigenvalue weighted by Gasteiger charge is 2.29. The number of piperazine rings is 1. The van der Waals surface area contributed by atoms with Crippen molar-refractivity contribution in [3.05, 3.63) is 30.3 Å². The molecule has 5 nitrogen and oxygen atoms in total. The van der Waals surface area contributed by atoms with Gasteiger partial charge in [-0.2, -0.15) is 0 Å². The Hall–Kier alpha value is -1.14. The van der Waals surface area contributed by atoms with Crippen LogP contribution in [0.2, 0.25) is 0 Å². The van der Waals surface area contributed by atoms with E-state index >= 15 is 0 Å². The summed E-state index contributed by atoms with van der Waals surface area (Å²) in [7, 11) is 0. The third-order valence-corrected chi connectivity index (χ3v) is 5.30.